The average molecular weight is 424 g/mol. The third kappa shape index (κ3) is 4.28. The van der Waals surface area contributed by atoms with Crippen molar-refractivity contribution in [1.82, 2.24) is 5.32 Å². The number of ether oxygens (including phenoxy) is 1. The highest BCUT2D eigenvalue weighted by Crippen LogP contribution is 2.61. The molecule has 0 heterocycles. The number of benzene rings is 1. The van der Waals surface area contributed by atoms with Gasteiger partial charge in [-0.25, -0.2) is 0 Å². The molecule has 5 aliphatic rings. The minimum atomic E-state index is -0.855. The van der Waals surface area contributed by atoms with E-state index in [1.54, 1.807) is 6.92 Å². The van der Waals surface area contributed by atoms with Crippen LogP contribution in [0.3, 0.4) is 0 Å². The number of ketones is 1. The first-order valence-corrected chi connectivity index (χ1v) is 12.0. The third-order valence-electron chi connectivity index (χ3n) is 8.19. The van der Waals surface area contributed by atoms with E-state index in [2.05, 4.69) is 5.32 Å². The predicted molar refractivity (Wildman–Crippen MR) is 117 cm³/mol. The normalized spacial score (nSPS) is 31.2. The molecular weight excluding hydrogens is 390 g/mol. The average Bonchev–Trinajstić information content (AvgIpc) is 3.18. The Morgan fingerprint density at radius 1 is 1.03 bits per heavy atom. The van der Waals surface area contributed by atoms with Crippen molar-refractivity contribution in [3.63, 3.8) is 0 Å². The minimum Gasteiger partial charge on any atom is -0.453 e. The van der Waals surface area contributed by atoms with E-state index in [9.17, 15) is 14.4 Å². The van der Waals surface area contributed by atoms with Gasteiger partial charge in [-0.15, -0.1) is 0 Å². The molecule has 0 saturated heterocycles. The Morgan fingerprint density at radius 3 is 2.35 bits per heavy atom. The zero-order chi connectivity index (χ0) is 21.6. The molecule has 5 heteroatoms. The fourth-order valence-corrected chi connectivity index (χ4v) is 7.33. The first-order valence-electron chi connectivity index (χ1n) is 12.0. The van der Waals surface area contributed by atoms with Gasteiger partial charge in [0.05, 0.1) is 0 Å². The number of carbonyl (C=O) groups is 3. The highest BCUT2D eigenvalue weighted by molar-refractivity contribution is 6.00. The van der Waals surface area contributed by atoms with Crippen molar-refractivity contribution < 1.29 is 19.1 Å². The Balaban J connectivity index is 1.10. The van der Waals surface area contributed by atoms with Crippen LogP contribution < -0.4 is 5.32 Å². The van der Waals surface area contributed by atoms with Gasteiger partial charge in [-0.1, -0.05) is 12.1 Å². The summed E-state index contributed by atoms with van der Waals surface area (Å²) in [6, 6.07) is 5.76. The van der Waals surface area contributed by atoms with Gasteiger partial charge in [0.1, 0.15) is 6.54 Å². The van der Waals surface area contributed by atoms with E-state index < -0.39 is 12.1 Å². The zero-order valence-electron chi connectivity index (χ0n) is 18.5. The molecule has 0 radical (unpaired) electrons. The molecule has 0 aromatic heterocycles. The maximum atomic E-state index is 12.7. The second kappa shape index (κ2) is 8.07. The van der Waals surface area contributed by atoms with Crippen LogP contribution in [0.1, 0.15) is 79.8 Å². The molecule has 31 heavy (non-hydrogen) atoms. The number of fused-ring (bicyclic) bond motifs is 1. The van der Waals surface area contributed by atoms with E-state index >= 15 is 0 Å². The number of aryl methyl sites for hydroxylation is 2. The highest BCUT2D eigenvalue weighted by atomic mass is 16.5. The molecule has 0 spiro atoms. The van der Waals surface area contributed by atoms with Crippen molar-refractivity contribution in [2.24, 2.45) is 23.2 Å². The predicted octanol–water partition coefficient (Wildman–Crippen LogP) is 4.01. The lowest BCUT2D eigenvalue weighted by Crippen LogP contribution is -2.48. The van der Waals surface area contributed by atoms with Gasteiger partial charge < -0.3 is 10.1 Å². The van der Waals surface area contributed by atoms with Gasteiger partial charge in [0.2, 0.25) is 11.7 Å². The summed E-state index contributed by atoms with van der Waals surface area (Å²) in [5.74, 6) is 1.60. The SMILES string of the molecule is C[C@@H](OC(=O)CNC(=O)CC12CC3CC(CC(C3)C1)C2)C(=O)c1ccc2c(c1)CCC2. The van der Waals surface area contributed by atoms with Crippen LogP contribution in [0.2, 0.25) is 0 Å². The van der Waals surface area contributed by atoms with Crippen LogP contribution in [-0.2, 0) is 27.2 Å². The first kappa shape index (κ1) is 20.7. The molecule has 5 aliphatic carbocycles. The standard InChI is InChI=1S/C26H33NO4/c1-16(25(30)22-6-5-20-3-2-4-21(20)10-22)31-24(29)15-27-23(28)14-26-11-17-7-18(12-26)9-19(8-17)13-26/h5-6,10,16-19H,2-4,7-9,11-15H2,1H3,(H,27,28)/t16-,17?,18?,19?,26?/m1/s1. The number of Topliss-reactive ketones (excluding diaryl/α,β-unsaturated/α-hetero) is 1. The van der Waals surface area contributed by atoms with E-state index in [0.717, 1.165) is 37.0 Å². The first-order chi connectivity index (χ1) is 14.9. The molecule has 1 aromatic rings. The van der Waals surface area contributed by atoms with Crippen LogP contribution in [0, 0.1) is 23.2 Å². The third-order valence-corrected chi connectivity index (χ3v) is 8.19. The van der Waals surface area contributed by atoms with Crippen molar-refractivity contribution in [3.05, 3.63) is 34.9 Å². The zero-order valence-corrected chi connectivity index (χ0v) is 18.5. The summed E-state index contributed by atoms with van der Waals surface area (Å²) < 4.78 is 5.33. The van der Waals surface area contributed by atoms with Crippen molar-refractivity contribution in [1.29, 1.82) is 0 Å². The molecule has 4 saturated carbocycles. The summed E-state index contributed by atoms with van der Waals surface area (Å²) in [5, 5.41) is 2.75. The fourth-order valence-electron chi connectivity index (χ4n) is 7.33. The van der Waals surface area contributed by atoms with E-state index in [4.69, 9.17) is 4.74 Å². The van der Waals surface area contributed by atoms with Crippen LogP contribution in [0.5, 0.6) is 0 Å². The maximum Gasteiger partial charge on any atom is 0.326 e. The molecule has 0 unspecified atom stereocenters. The van der Waals surface area contributed by atoms with E-state index in [0.29, 0.717) is 12.0 Å². The summed E-state index contributed by atoms with van der Waals surface area (Å²) >= 11 is 0. The summed E-state index contributed by atoms with van der Waals surface area (Å²) in [5.41, 5.74) is 3.27. The number of hydrogen-bond acceptors (Lipinski definition) is 4. The van der Waals surface area contributed by atoms with Crippen molar-refractivity contribution in [2.75, 3.05) is 6.54 Å². The molecule has 1 atom stereocenters. The lowest BCUT2D eigenvalue weighted by Gasteiger charge is -2.56. The lowest BCUT2D eigenvalue weighted by molar-refractivity contribution is -0.147. The van der Waals surface area contributed by atoms with Crippen molar-refractivity contribution in [2.45, 2.75) is 77.2 Å². The molecule has 4 bridgehead atoms. The Morgan fingerprint density at radius 2 is 1.68 bits per heavy atom. The maximum absolute atomic E-state index is 12.7. The molecule has 6 rings (SSSR count). The molecule has 4 fully saturated rings. The molecule has 166 valence electrons. The summed E-state index contributed by atoms with van der Waals surface area (Å²) in [4.78, 5) is 37.5. The van der Waals surface area contributed by atoms with Gasteiger partial charge in [-0.2, -0.15) is 0 Å². The number of carbonyl (C=O) groups excluding carboxylic acids is 3. The summed E-state index contributed by atoms with van der Waals surface area (Å²) in [7, 11) is 0. The molecule has 1 N–H and O–H groups in total. The van der Waals surface area contributed by atoms with E-state index in [1.807, 2.05) is 18.2 Å². The number of rotatable bonds is 7. The second-order valence-electron chi connectivity index (χ2n) is 10.7. The highest BCUT2D eigenvalue weighted by Gasteiger charge is 2.51. The Labute approximate surface area is 184 Å². The van der Waals surface area contributed by atoms with Crippen molar-refractivity contribution in [3.8, 4) is 0 Å². The molecule has 1 amide bonds. The second-order valence-corrected chi connectivity index (χ2v) is 10.7. The van der Waals surface area contributed by atoms with Gasteiger partial charge >= 0.3 is 5.97 Å². The Bertz CT molecular complexity index is 869. The van der Waals surface area contributed by atoms with Gasteiger partial charge in [-0.05, 0) is 105 Å². The number of amides is 1. The fraction of sp³-hybridized carbons (Fsp3) is 0.654. The van der Waals surface area contributed by atoms with Crippen molar-refractivity contribution >= 4 is 17.7 Å². The van der Waals surface area contributed by atoms with E-state index in [-0.39, 0.29) is 23.7 Å². The quantitative estimate of drug-likeness (QED) is 0.531. The number of hydrogen-bond donors (Lipinski definition) is 1. The summed E-state index contributed by atoms with van der Waals surface area (Å²) in [6.07, 6.45) is 10.4. The van der Waals surface area contributed by atoms with Crippen LogP contribution in [-0.4, -0.2) is 30.3 Å². The number of esters is 1. The van der Waals surface area contributed by atoms with Gasteiger partial charge in [-0.3, -0.25) is 14.4 Å². The van der Waals surface area contributed by atoms with Crippen LogP contribution in [0.4, 0.5) is 0 Å². The molecule has 1 aromatic carbocycles. The monoisotopic (exact) mass is 423 g/mol. The van der Waals surface area contributed by atoms with Crippen LogP contribution >= 0.6 is 0 Å². The molecule has 0 aliphatic heterocycles. The topological polar surface area (TPSA) is 72.5 Å². The largest absolute Gasteiger partial charge is 0.453 e. The van der Waals surface area contributed by atoms with Gasteiger partial charge in [0, 0.05) is 12.0 Å². The van der Waals surface area contributed by atoms with E-state index in [1.165, 1.54) is 49.7 Å². The Hall–Kier alpha value is -2.17. The van der Waals surface area contributed by atoms with Gasteiger partial charge in [0.15, 0.2) is 6.10 Å². The Kier molecular flexibility index (Phi) is 5.39. The van der Waals surface area contributed by atoms with Gasteiger partial charge in [0.25, 0.3) is 0 Å². The molecule has 5 nitrogen and oxygen atoms in total. The summed E-state index contributed by atoms with van der Waals surface area (Å²) in [6.45, 7) is 1.43. The minimum absolute atomic E-state index is 0.0588. The van der Waals surface area contributed by atoms with Crippen LogP contribution in [0.25, 0.3) is 0 Å². The molecular formula is C26H33NO4. The smallest absolute Gasteiger partial charge is 0.326 e. The lowest BCUT2D eigenvalue weighted by atomic mass is 9.49. The number of nitrogens with one attached hydrogen (secondary N) is 1. The van der Waals surface area contributed by atoms with Crippen LogP contribution in [0.15, 0.2) is 18.2 Å².